The molecule has 8 nitrogen and oxygen atoms in total. The van der Waals surface area contributed by atoms with Crippen LogP contribution in [0, 0.1) is 32.1 Å². The Hall–Kier alpha value is -2.35. The summed E-state index contributed by atoms with van der Waals surface area (Å²) in [6.07, 6.45) is 2.08. The Morgan fingerprint density at radius 1 is 1.36 bits per heavy atom. The first-order valence-corrected chi connectivity index (χ1v) is 8.43. The van der Waals surface area contributed by atoms with Crippen LogP contribution in [0.3, 0.4) is 0 Å². The fourth-order valence-corrected chi connectivity index (χ4v) is 3.85. The van der Waals surface area contributed by atoms with Gasteiger partial charge < -0.3 is 14.2 Å². The fourth-order valence-electron chi connectivity index (χ4n) is 3.85. The highest BCUT2D eigenvalue weighted by Crippen LogP contribution is 2.44. The second-order valence-electron chi connectivity index (χ2n) is 7.10. The van der Waals surface area contributed by atoms with E-state index in [0.717, 1.165) is 11.3 Å². The van der Waals surface area contributed by atoms with Crippen molar-refractivity contribution in [3.05, 3.63) is 35.0 Å². The molecule has 2 aromatic rings. The number of likely N-dealkylation sites (tertiary alicyclic amines) is 1. The van der Waals surface area contributed by atoms with Gasteiger partial charge in [0.1, 0.15) is 12.0 Å². The van der Waals surface area contributed by atoms with Gasteiger partial charge in [0, 0.05) is 42.1 Å². The van der Waals surface area contributed by atoms with E-state index in [2.05, 4.69) is 20.1 Å². The normalized spacial score (nSPS) is 25.4. The van der Waals surface area contributed by atoms with E-state index in [-0.39, 0.29) is 17.2 Å². The van der Waals surface area contributed by atoms with Crippen LogP contribution in [0.25, 0.3) is 0 Å². The van der Waals surface area contributed by atoms with Crippen LogP contribution in [0.4, 0.5) is 0 Å². The average molecular weight is 343 g/mol. The summed E-state index contributed by atoms with van der Waals surface area (Å²) in [7, 11) is 0. The van der Waals surface area contributed by atoms with Gasteiger partial charge in [-0.05, 0) is 20.8 Å². The average Bonchev–Trinajstić information content (AvgIpc) is 3.24. The zero-order valence-corrected chi connectivity index (χ0v) is 14.7. The van der Waals surface area contributed by atoms with Crippen molar-refractivity contribution in [2.24, 2.45) is 11.3 Å². The molecular weight excluding hydrogens is 322 g/mol. The third-order valence-electron chi connectivity index (χ3n) is 5.42. The maximum absolute atomic E-state index is 13.0. The smallest absolute Gasteiger partial charge is 0.272 e. The van der Waals surface area contributed by atoms with Crippen molar-refractivity contribution in [3.63, 3.8) is 0 Å². The molecule has 2 atom stereocenters. The highest BCUT2D eigenvalue weighted by Gasteiger charge is 2.53. The summed E-state index contributed by atoms with van der Waals surface area (Å²) in [5.74, 6) is 1.46. The zero-order chi connectivity index (χ0) is 17.6. The minimum atomic E-state index is -0.162. The van der Waals surface area contributed by atoms with Gasteiger partial charge in [0.2, 0.25) is 5.89 Å². The van der Waals surface area contributed by atoms with Gasteiger partial charge in [-0.2, -0.15) is 4.98 Å². The Morgan fingerprint density at radius 3 is 2.96 bits per heavy atom. The Balaban J connectivity index is 1.58. The molecule has 0 unspecified atom stereocenters. The lowest BCUT2D eigenvalue weighted by Gasteiger charge is -2.25. The Kier molecular flexibility index (Phi) is 3.79. The molecule has 2 aliphatic heterocycles. The van der Waals surface area contributed by atoms with Crippen LogP contribution in [0.15, 0.2) is 10.9 Å². The molecule has 2 aliphatic rings. The van der Waals surface area contributed by atoms with Gasteiger partial charge in [-0.25, -0.2) is 9.97 Å². The monoisotopic (exact) mass is 343 g/mol. The highest BCUT2D eigenvalue weighted by molar-refractivity contribution is 5.94. The molecule has 2 fully saturated rings. The number of aromatic nitrogens is 4. The van der Waals surface area contributed by atoms with E-state index in [0.29, 0.717) is 50.1 Å². The Labute approximate surface area is 145 Å². The first-order valence-electron chi connectivity index (χ1n) is 8.43. The van der Waals surface area contributed by atoms with Crippen molar-refractivity contribution in [2.45, 2.75) is 27.2 Å². The number of nitrogens with zero attached hydrogens (tertiary/aromatic N) is 5. The minimum Gasteiger partial charge on any atom is -0.380 e. The zero-order valence-electron chi connectivity index (χ0n) is 14.7. The second kappa shape index (κ2) is 5.87. The summed E-state index contributed by atoms with van der Waals surface area (Å²) >= 11 is 0. The van der Waals surface area contributed by atoms with Crippen molar-refractivity contribution in [2.75, 3.05) is 26.3 Å². The van der Waals surface area contributed by atoms with Crippen LogP contribution >= 0.6 is 0 Å². The van der Waals surface area contributed by atoms with E-state index in [9.17, 15) is 4.79 Å². The van der Waals surface area contributed by atoms with E-state index < -0.39 is 0 Å². The fraction of sp³-hybridized carbons (Fsp3) is 0.588. The van der Waals surface area contributed by atoms with E-state index in [4.69, 9.17) is 9.26 Å². The molecule has 8 heteroatoms. The number of amides is 1. The molecule has 1 amide bonds. The van der Waals surface area contributed by atoms with Crippen LogP contribution in [-0.2, 0) is 11.2 Å². The summed E-state index contributed by atoms with van der Waals surface area (Å²) in [5.41, 5.74) is 1.99. The summed E-state index contributed by atoms with van der Waals surface area (Å²) in [4.78, 5) is 27.6. The Bertz CT molecular complexity index is 820. The van der Waals surface area contributed by atoms with E-state index >= 15 is 0 Å². The highest BCUT2D eigenvalue weighted by atomic mass is 16.5. The van der Waals surface area contributed by atoms with Crippen molar-refractivity contribution < 1.29 is 14.1 Å². The van der Waals surface area contributed by atoms with E-state index in [1.165, 1.54) is 6.33 Å². The molecule has 0 spiro atoms. The second-order valence-corrected chi connectivity index (χ2v) is 7.10. The lowest BCUT2D eigenvalue weighted by atomic mass is 9.78. The molecule has 0 radical (unpaired) electrons. The minimum absolute atomic E-state index is 0.0431. The standard InChI is InChI=1S/C17H21N5O3/c1-10-11(2)18-9-19-15(10)16(23)22-5-13-6-24-8-17(13,7-22)4-14-20-12(3)21-25-14/h9,13H,4-8H2,1-3H3/t13-,17+/m1/s1. The number of fused-ring (bicyclic) bond motifs is 1. The SMILES string of the molecule is Cc1noc(C[C@]23COC[C@H]2CN(C(=O)c2ncnc(C)c2C)C3)n1. The molecule has 132 valence electrons. The molecule has 0 bridgehead atoms. The summed E-state index contributed by atoms with van der Waals surface area (Å²) in [6, 6.07) is 0. The maximum atomic E-state index is 13.0. The lowest BCUT2D eigenvalue weighted by molar-refractivity contribution is 0.0706. The number of hydrogen-bond acceptors (Lipinski definition) is 7. The molecule has 4 heterocycles. The molecule has 0 aromatic carbocycles. The molecular formula is C17H21N5O3. The topological polar surface area (TPSA) is 94.2 Å². The number of rotatable bonds is 3. The number of carbonyl (C=O) groups is 1. The first-order chi connectivity index (χ1) is 12.0. The van der Waals surface area contributed by atoms with Gasteiger partial charge in [-0.1, -0.05) is 5.16 Å². The van der Waals surface area contributed by atoms with E-state index in [1.54, 1.807) is 6.92 Å². The summed E-state index contributed by atoms with van der Waals surface area (Å²) < 4.78 is 11.0. The van der Waals surface area contributed by atoms with Crippen molar-refractivity contribution in [1.29, 1.82) is 0 Å². The molecule has 4 rings (SSSR count). The van der Waals surface area contributed by atoms with Crippen molar-refractivity contribution in [1.82, 2.24) is 25.0 Å². The van der Waals surface area contributed by atoms with Gasteiger partial charge in [0.15, 0.2) is 5.82 Å². The molecule has 0 saturated carbocycles. The molecule has 0 N–H and O–H groups in total. The van der Waals surface area contributed by atoms with Gasteiger partial charge in [-0.15, -0.1) is 0 Å². The predicted octanol–water partition coefficient (Wildman–Crippen LogP) is 1.12. The third kappa shape index (κ3) is 2.70. The number of aryl methyl sites for hydroxylation is 2. The number of ether oxygens (including phenoxy) is 1. The van der Waals surface area contributed by atoms with Gasteiger partial charge in [0.05, 0.1) is 13.2 Å². The van der Waals surface area contributed by atoms with Crippen LogP contribution < -0.4 is 0 Å². The van der Waals surface area contributed by atoms with Crippen LogP contribution in [0.5, 0.6) is 0 Å². The van der Waals surface area contributed by atoms with Crippen LogP contribution in [-0.4, -0.2) is 57.2 Å². The van der Waals surface area contributed by atoms with Crippen molar-refractivity contribution >= 4 is 5.91 Å². The van der Waals surface area contributed by atoms with Gasteiger partial charge in [0.25, 0.3) is 5.91 Å². The molecule has 2 aromatic heterocycles. The van der Waals surface area contributed by atoms with Gasteiger partial charge in [-0.3, -0.25) is 4.79 Å². The first kappa shape index (κ1) is 16.1. The molecule has 25 heavy (non-hydrogen) atoms. The largest absolute Gasteiger partial charge is 0.380 e. The lowest BCUT2D eigenvalue weighted by Crippen LogP contribution is -2.36. The predicted molar refractivity (Wildman–Crippen MR) is 86.9 cm³/mol. The van der Waals surface area contributed by atoms with E-state index in [1.807, 2.05) is 18.7 Å². The Morgan fingerprint density at radius 2 is 2.20 bits per heavy atom. The quantitative estimate of drug-likeness (QED) is 0.824. The molecule has 2 saturated heterocycles. The number of hydrogen-bond donors (Lipinski definition) is 0. The number of carbonyl (C=O) groups excluding carboxylic acids is 1. The third-order valence-corrected chi connectivity index (χ3v) is 5.42. The van der Waals surface area contributed by atoms with Gasteiger partial charge >= 0.3 is 0 Å². The molecule has 0 aliphatic carbocycles. The van der Waals surface area contributed by atoms with Crippen LogP contribution in [0.2, 0.25) is 0 Å². The van der Waals surface area contributed by atoms with Crippen molar-refractivity contribution in [3.8, 4) is 0 Å². The summed E-state index contributed by atoms with van der Waals surface area (Å²) in [6.45, 7) is 8.11. The maximum Gasteiger partial charge on any atom is 0.272 e. The van der Waals surface area contributed by atoms with Crippen LogP contribution in [0.1, 0.15) is 33.5 Å². The summed E-state index contributed by atoms with van der Waals surface area (Å²) in [5, 5.41) is 3.87.